The van der Waals surface area contributed by atoms with Gasteiger partial charge in [0.25, 0.3) is 0 Å². The second-order valence-electron chi connectivity index (χ2n) is 11.7. The summed E-state index contributed by atoms with van der Waals surface area (Å²) in [5, 5.41) is 0. The summed E-state index contributed by atoms with van der Waals surface area (Å²) in [5.74, 6) is 1.71. The SMILES string of the molecule is O=C([C@@H]1CCCN(c2nc3ccccc3n2CC2CCCCC2)C1)N1CCN(c2cccc(C(F)(F)F)c2)CC1. The van der Waals surface area contributed by atoms with Gasteiger partial charge in [-0.2, -0.15) is 13.2 Å². The third kappa shape index (κ3) is 5.65. The van der Waals surface area contributed by atoms with Crippen LogP contribution >= 0.6 is 0 Å². The Morgan fingerprint density at radius 2 is 1.62 bits per heavy atom. The molecule has 3 aromatic rings. The fourth-order valence-electron chi connectivity index (χ4n) is 6.79. The molecule has 1 atom stereocenters. The fraction of sp³-hybridized carbons (Fsp3) is 0.548. The van der Waals surface area contributed by atoms with Gasteiger partial charge < -0.3 is 19.3 Å². The van der Waals surface area contributed by atoms with Gasteiger partial charge in [-0.25, -0.2) is 4.98 Å². The van der Waals surface area contributed by atoms with Gasteiger partial charge in [0, 0.05) is 51.5 Å². The Balaban J connectivity index is 1.13. The molecule has 1 aliphatic carbocycles. The number of nitrogens with zero attached hydrogens (tertiary/aromatic N) is 5. The molecule has 6 nitrogen and oxygen atoms in total. The van der Waals surface area contributed by atoms with Crippen LogP contribution in [0.15, 0.2) is 48.5 Å². The van der Waals surface area contributed by atoms with Gasteiger partial charge in [0.1, 0.15) is 0 Å². The van der Waals surface area contributed by atoms with Gasteiger partial charge >= 0.3 is 6.18 Å². The lowest BCUT2D eigenvalue weighted by Gasteiger charge is -2.40. The zero-order valence-electron chi connectivity index (χ0n) is 23.0. The molecule has 0 spiro atoms. The Labute approximate surface area is 233 Å². The number of hydrogen-bond donors (Lipinski definition) is 0. The van der Waals surface area contributed by atoms with Crippen molar-refractivity contribution in [3.05, 3.63) is 54.1 Å². The summed E-state index contributed by atoms with van der Waals surface area (Å²) in [7, 11) is 0. The molecule has 9 heteroatoms. The van der Waals surface area contributed by atoms with Crippen LogP contribution < -0.4 is 9.80 Å². The molecule has 2 saturated heterocycles. The molecule has 3 heterocycles. The van der Waals surface area contributed by atoms with Gasteiger partial charge in [0.15, 0.2) is 0 Å². The number of fused-ring (bicyclic) bond motifs is 1. The van der Waals surface area contributed by atoms with Crippen LogP contribution in [0.4, 0.5) is 24.8 Å². The minimum absolute atomic E-state index is 0.100. The first-order chi connectivity index (χ1) is 19.4. The van der Waals surface area contributed by atoms with Crippen molar-refractivity contribution in [2.24, 2.45) is 11.8 Å². The summed E-state index contributed by atoms with van der Waals surface area (Å²) in [6.45, 7) is 4.61. The van der Waals surface area contributed by atoms with E-state index in [2.05, 4.69) is 27.7 Å². The van der Waals surface area contributed by atoms with Crippen LogP contribution in [0.25, 0.3) is 11.0 Å². The van der Waals surface area contributed by atoms with Gasteiger partial charge in [-0.05, 0) is 61.9 Å². The summed E-state index contributed by atoms with van der Waals surface area (Å²) in [5.41, 5.74) is 2.10. The molecule has 0 radical (unpaired) electrons. The fourth-order valence-corrected chi connectivity index (χ4v) is 6.79. The molecule has 0 bridgehead atoms. The lowest BCUT2D eigenvalue weighted by molar-refractivity contribution is -0.137. The van der Waals surface area contributed by atoms with E-state index in [-0.39, 0.29) is 11.8 Å². The van der Waals surface area contributed by atoms with Crippen LogP contribution in [0.5, 0.6) is 0 Å². The number of amides is 1. The highest BCUT2D eigenvalue weighted by Crippen LogP contribution is 2.34. The molecular weight excluding hydrogens is 515 g/mol. The van der Waals surface area contributed by atoms with Crippen molar-refractivity contribution in [1.82, 2.24) is 14.5 Å². The number of rotatable bonds is 5. The van der Waals surface area contributed by atoms with Gasteiger partial charge in [-0.15, -0.1) is 0 Å². The van der Waals surface area contributed by atoms with E-state index >= 15 is 0 Å². The highest BCUT2D eigenvalue weighted by Gasteiger charge is 2.34. The number of carbonyl (C=O) groups is 1. The molecule has 214 valence electrons. The van der Waals surface area contributed by atoms with E-state index in [1.165, 1.54) is 49.8 Å². The summed E-state index contributed by atoms with van der Waals surface area (Å²) < 4.78 is 41.9. The Morgan fingerprint density at radius 1 is 0.850 bits per heavy atom. The van der Waals surface area contributed by atoms with E-state index in [9.17, 15) is 18.0 Å². The third-order valence-electron chi connectivity index (χ3n) is 8.98. The number of alkyl halides is 3. The highest BCUT2D eigenvalue weighted by molar-refractivity contribution is 5.81. The van der Waals surface area contributed by atoms with Crippen molar-refractivity contribution < 1.29 is 18.0 Å². The van der Waals surface area contributed by atoms with Crippen LogP contribution in [0.2, 0.25) is 0 Å². The molecule has 0 N–H and O–H groups in total. The summed E-state index contributed by atoms with van der Waals surface area (Å²) in [4.78, 5) is 24.9. The van der Waals surface area contributed by atoms with Crippen LogP contribution in [0.3, 0.4) is 0 Å². The van der Waals surface area contributed by atoms with Gasteiger partial charge in [-0.1, -0.05) is 37.5 Å². The number of anilines is 2. The molecule has 6 rings (SSSR count). The molecule has 1 aromatic heterocycles. The number of benzene rings is 2. The number of piperazine rings is 1. The van der Waals surface area contributed by atoms with Crippen LogP contribution in [0.1, 0.15) is 50.5 Å². The monoisotopic (exact) mass is 553 g/mol. The number of halogens is 3. The topological polar surface area (TPSA) is 44.6 Å². The lowest BCUT2D eigenvalue weighted by Crippen LogP contribution is -2.52. The van der Waals surface area contributed by atoms with E-state index in [1.54, 1.807) is 6.07 Å². The second kappa shape index (κ2) is 11.3. The maximum absolute atomic E-state index is 13.6. The first kappa shape index (κ1) is 27.0. The van der Waals surface area contributed by atoms with E-state index < -0.39 is 11.7 Å². The van der Waals surface area contributed by atoms with E-state index in [4.69, 9.17) is 4.98 Å². The van der Waals surface area contributed by atoms with Crippen molar-refractivity contribution in [3.63, 3.8) is 0 Å². The standard InChI is InChI=1S/C31H38F3N5O/c32-31(33,34)25-11-6-12-26(20-25)36-16-18-37(19-17-36)29(40)24-10-7-15-38(22-24)30-35-27-13-4-5-14-28(27)39(30)21-23-8-2-1-3-9-23/h4-6,11-14,20,23-24H,1-3,7-10,15-19,21-22H2/t24-/m1/s1. The number of hydrogen-bond acceptors (Lipinski definition) is 4. The number of para-hydroxylation sites is 2. The smallest absolute Gasteiger partial charge is 0.368 e. The van der Waals surface area contributed by atoms with Crippen molar-refractivity contribution in [2.45, 2.75) is 57.7 Å². The molecule has 0 unspecified atom stereocenters. The van der Waals surface area contributed by atoms with Crippen molar-refractivity contribution in [1.29, 1.82) is 0 Å². The zero-order chi connectivity index (χ0) is 27.7. The molecule has 2 aromatic carbocycles. The van der Waals surface area contributed by atoms with Crippen LogP contribution in [0, 0.1) is 11.8 Å². The Bertz CT molecular complexity index is 1320. The quantitative estimate of drug-likeness (QED) is 0.378. The zero-order valence-corrected chi connectivity index (χ0v) is 23.0. The molecule has 40 heavy (non-hydrogen) atoms. The molecule has 3 fully saturated rings. The molecule has 2 aliphatic heterocycles. The first-order valence-electron chi connectivity index (χ1n) is 14.8. The van der Waals surface area contributed by atoms with Gasteiger partial charge in [-0.3, -0.25) is 4.79 Å². The minimum Gasteiger partial charge on any atom is -0.368 e. The number of aromatic nitrogens is 2. The van der Waals surface area contributed by atoms with Crippen LogP contribution in [-0.4, -0.2) is 59.6 Å². The third-order valence-corrected chi connectivity index (χ3v) is 8.98. The first-order valence-corrected chi connectivity index (χ1v) is 14.8. The predicted octanol–water partition coefficient (Wildman–Crippen LogP) is 6.20. The van der Waals surface area contributed by atoms with Crippen molar-refractivity contribution in [3.8, 4) is 0 Å². The van der Waals surface area contributed by atoms with E-state index in [1.807, 2.05) is 15.9 Å². The number of piperidine rings is 1. The largest absolute Gasteiger partial charge is 0.416 e. The predicted molar refractivity (Wildman–Crippen MR) is 151 cm³/mol. The van der Waals surface area contributed by atoms with Crippen molar-refractivity contribution in [2.75, 3.05) is 49.1 Å². The lowest BCUT2D eigenvalue weighted by atomic mass is 9.89. The van der Waals surface area contributed by atoms with Gasteiger partial charge in [0.05, 0.1) is 22.5 Å². The second-order valence-corrected chi connectivity index (χ2v) is 11.7. The molecule has 1 saturated carbocycles. The highest BCUT2D eigenvalue weighted by atomic mass is 19.4. The van der Waals surface area contributed by atoms with Crippen LogP contribution in [-0.2, 0) is 17.5 Å². The van der Waals surface area contributed by atoms with Crippen molar-refractivity contribution >= 4 is 28.6 Å². The molecule has 1 amide bonds. The summed E-state index contributed by atoms with van der Waals surface area (Å²) in [6.07, 6.45) is 3.88. The maximum atomic E-state index is 13.6. The average Bonchev–Trinajstić information content (AvgIpc) is 3.35. The number of carbonyl (C=O) groups excluding carboxylic acids is 1. The Morgan fingerprint density at radius 3 is 2.40 bits per heavy atom. The Hall–Kier alpha value is -3.23. The average molecular weight is 554 g/mol. The van der Waals surface area contributed by atoms with E-state index in [0.29, 0.717) is 44.3 Å². The maximum Gasteiger partial charge on any atom is 0.416 e. The summed E-state index contributed by atoms with van der Waals surface area (Å²) in [6, 6.07) is 13.8. The number of imidazole rings is 1. The molecular formula is C31H38F3N5O. The summed E-state index contributed by atoms with van der Waals surface area (Å²) >= 11 is 0. The minimum atomic E-state index is -4.36. The molecule has 3 aliphatic rings. The van der Waals surface area contributed by atoms with Gasteiger partial charge in [0.2, 0.25) is 11.9 Å². The Kier molecular flexibility index (Phi) is 7.64. The van der Waals surface area contributed by atoms with E-state index in [0.717, 1.165) is 43.5 Å². The normalized spacial score (nSPS) is 21.3.